The second-order valence-corrected chi connectivity index (χ2v) is 8.40. The summed E-state index contributed by atoms with van der Waals surface area (Å²) in [5.74, 6) is -3.64. The molecule has 2 aromatic rings. The average molecular weight is 431 g/mol. The Hall–Kier alpha value is -2.42. The van der Waals surface area contributed by atoms with Crippen LogP contribution in [0.1, 0.15) is 27.7 Å². The first-order valence-corrected chi connectivity index (χ1v) is 10.9. The Kier molecular flexibility index (Phi) is 6.36. The number of halogens is 1. The predicted octanol–water partition coefficient (Wildman–Crippen LogP) is 2.56. The van der Waals surface area contributed by atoms with Crippen LogP contribution in [0.5, 0.6) is 0 Å². The Bertz CT molecular complexity index is 927. The van der Waals surface area contributed by atoms with E-state index in [1.165, 1.54) is 22.3 Å². The van der Waals surface area contributed by atoms with Gasteiger partial charge < -0.3 is 9.64 Å². The number of benzene rings is 1. The summed E-state index contributed by atoms with van der Waals surface area (Å²) in [7, 11) is 0. The maximum Gasteiger partial charge on any atom is 0.291 e. The minimum absolute atomic E-state index is 0.206. The van der Waals surface area contributed by atoms with E-state index in [0.717, 1.165) is 19.6 Å². The molecule has 2 aliphatic heterocycles. The molecule has 0 spiro atoms. The first-order chi connectivity index (χ1) is 14.6. The van der Waals surface area contributed by atoms with Gasteiger partial charge in [0.1, 0.15) is 11.7 Å². The van der Waals surface area contributed by atoms with Gasteiger partial charge in [-0.05, 0) is 23.9 Å². The van der Waals surface area contributed by atoms with Gasteiger partial charge in [0.2, 0.25) is 5.78 Å². The molecule has 0 aliphatic carbocycles. The number of amides is 1. The van der Waals surface area contributed by atoms with Gasteiger partial charge in [-0.15, -0.1) is 11.3 Å². The zero-order valence-electron chi connectivity index (χ0n) is 16.5. The van der Waals surface area contributed by atoms with Crippen molar-refractivity contribution in [3.63, 3.8) is 0 Å². The van der Waals surface area contributed by atoms with Crippen molar-refractivity contribution in [3.8, 4) is 0 Å². The van der Waals surface area contributed by atoms with Crippen LogP contribution in [-0.2, 0) is 14.3 Å². The molecule has 1 amide bonds. The number of thiophene rings is 1. The fraction of sp³-hybridized carbons (Fsp3) is 0.409. The molecular weight excluding hydrogens is 407 g/mol. The molecule has 2 unspecified atom stereocenters. The number of morpholine rings is 1. The maximum absolute atomic E-state index is 14.7. The Morgan fingerprint density at radius 3 is 2.57 bits per heavy atom. The third-order valence-electron chi connectivity index (χ3n) is 5.65. The molecule has 0 N–H and O–H groups in total. The van der Waals surface area contributed by atoms with Crippen LogP contribution in [0.25, 0.3) is 0 Å². The summed E-state index contributed by atoms with van der Waals surface area (Å²) in [6.45, 7) is 4.03. The molecule has 2 atom stereocenters. The van der Waals surface area contributed by atoms with Gasteiger partial charge in [-0.1, -0.05) is 24.3 Å². The molecule has 8 heteroatoms. The minimum Gasteiger partial charge on any atom is -0.379 e. The van der Waals surface area contributed by atoms with E-state index in [9.17, 15) is 18.8 Å². The minimum atomic E-state index is -1.23. The van der Waals surface area contributed by atoms with Gasteiger partial charge in [0.15, 0.2) is 5.78 Å². The normalized spacial score (nSPS) is 22.6. The highest BCUT2D eigenvalue weighted by Crippen LogP contribution is 2.39. The summed E-state index contributed by atoms with van der Waals surface area (Å²) in [4.78, 5) is 42.8. The number of hydrogen-bond acceptors (Lipinski definition) is 6. The van der Waals surface area contributed by atoms with E-state index in [1.54, 1.807) is 35.7 Å². The number of ketones is 2. The van der Waals surface area contributed by atoms with Crippen molar-refractivity contribution < 1.29 is 23.5 Å². The Morgan fingerprint density at radius 2 is 1.87 bits per heavy atom. The molecule has 1 aromatic carbocycles. The van der Waals surface area contributed by atoms with Gasteiger partial charge in [0.05, 0.1) is 24.1 Å². The van der Waals surface area contributed by atoms with E-state index in [4.69, 9.17) is 4.74 Å². The molecule has 0 bridgehead atoms. The van der Waals surface area contributed by atoms with Crippen LogP contribution in [-0.4, -0.2) is 66.7 Å². The summed E-state index contributed by atoms with van der Waals surface area (Å²) in [6.07, 6.45) is 0.629. The number of carbonyl (C=O) groups excluding carboxylic acids is 3. The number of ether oxygens (including phenoxy) is 1. The number of Topliss-reactive ketones (excluding diaryl/α,β-unsaturated/α-hetero) is 2. The largest absolute Gasteiger partial charge is 0.379 e. The average Bonchev–Trinajstić information content (AvgIpc) is 3.38. The van der Waals surface area contributed by atoms with Gasteiger partial charge in [-0.25, -0.2) is 4.39 Å². The lowest BCUT2D eigenvalue weighted by molar-refractivity contribution is -0.140. The van der Waals surface area contributed by atoms with Crippen LogP contribution in [0, 0.1) is 11.7 Å². The lowest BCUT2D eigenvalue weighted by Gasteiger charge is -2.30. The SMILES string of the molecule is O=C1C(=O)N(CCCN2CCOCC2)C(c2ccccc2F)C1C(=O)c1cccs1. The van der Waals surface area contributed by atoms with Gasteiger partial charge in [0, 0.05) is 31.7 Å². The molecule has 1 aromatic heterocycles. The van der Waals surface area contributed by atoms with E-state index in [2.05, 4.69) is 4.90 Å². The molecular formula is C22H23FN2O4S. The molecule has 0 saturated carbocycles. The molecule has 2 aliphatic rings. The molecule has 4 rings (SSSR count). The van der Waals surface area contributed by atoms with Crippen molar-refractivity contribution in [3.05, 3.63) is 58.0 Å². The smallest absolute Gasteiger partial charge is 0.291 e. The van der Waals surface area contributed by atoms with Gasteiger partial charge >= 0.3 is 0 Å². The van der Waals surface area contributed by atoms with E-state index < -0.39 is 35.3 Å². The zero-order valence-corrected chi connectivity index (χ0v) is 17.3. The fourth-order valence-corrected chi connectivity index (χ4v) is 4.86. The molecule has 2 saturated heterocycles. The summed E-state index contributed by atoms with van der Waals surface area (Å²) in [5.41, 5.74) is 0.206. The van der Waals surface area contributed by atoms with Crippen LogP contribution < -0.4 is 0 Å². The lowest BCUT2D eigenvalue weighted by Crippen LogP contribution is -2.39. The number of carbonyl (C=O) groups is 3. The molecule has 30 heavy (non-hydrogen) atoms. The van der Waals surface area contributed by atoms with Crippen molar-refractivity contribution in [2.75, 3.05) is 39.4 Å². The summed E-state index contributed by atoms with van der Waals surface area (Å²) in [5, 5.41) is 1.74. The molecule has 2 fully saturated rings. The van der Waals surface area contributed by atoms with Crippen LogP contribution in [0.15, 0.2) is 41.8 Å². The molecule has 3 heterocycles. The van der Waals surface area contributed by atoms with Crippen LogP contribution in [0.4, 0.5) is 4.39 Å². The fourth-order valence-electron chi connectivity index (χ4n) is 4.15. The maximum atomic E-state index is 14.7. The molecule has 158 valence electrons. The predicted molar refractivity (Wildman–Crippen MR) is 110 cm³/mol. The van der Waals surface area contributed by atoms with E-state index in [1.807, 2.05) is 0 Å². The zero-order chi connectivity index (χ0) is 21.1. The van der Waals surface area contributed by atoms with Gasteiger partial charge in [0.25, 0.3) is 5.91 Å². The number of rotatable bonds is 7. The van der Waals surface area contributed by atoms with Crippen LogP contribution >= 0.6 is 11.3 Å². The van der Waals surface area contributed by atoms with Crippen molar-refractivity contribution in [1.82, 2.24) is 9.80 Å². The third kappa shape index (κ3) is 4.08. The topological polar surface area (TPSA) is 66.9 Å². The summed E-state index contributed by atoms with van der Waals surface area (Å²) < 4.78 is 20.0. The quantitative estimate of drug-likeness (QED) is 0.384. The summed E-state index contributed by atoms with van der Waals surface area (Å²) in [6, 6.07) is 8.48. The number of nitrogens with zero attached hydrogens (tertiary/aromatic N) is 2. The third-order valence-corrected chi connectivity index (χ3v) is 6.54. The van der Waals surface area contributed by atoms with E-state index >= 15 is 0 Å². The Labute approximate surface area is 178 Å². The lowest BCUT2D eigenvalue weighted by atomic mass is 9.88. The van der Waals surface area contributed by atoms with E-state index in [0.29, 0.717) is 24.5 Å². The summed E-state index contributed by atoms with van der Waals surface area (Å²) >= 11 is 1.22. The monoisotopic (exact) mass is 430 g/mol. The van der Waals surface area contributed by atoms with Crippen LogP contribution in [0.2, 0.25) is 0 Å². The van der Waals surface area contributed by atoms with Crippen molar-refractivity contribution in [1.29, 1.82) is 0 Å². The second-order valence-electron chi connectivity index (χ2n) is 7.46. The van der Waals surface area contributed by atoms with Gasteiger partial charge in [-0.3, -0.25) is 19.3 Å². The van der Waals surface area contributed by atoms with Crippen molar-refractivity contribution in [2.24, 2.45) is 5.92 Å². The van der Waals surface area contributed by atoms with Crippen molar-refractivity contribution >= 4 is 28.8 Å². The Morgan fingerprint density at radius 1 is 1.10 bits per heavy atom. The first-order valence-electron chi connectivity index (χ1n) is 10.0. The highest BCUT2D eigenvalue weighted by Gasteiger charge is 2.52. The van der Waals surface area contributed by atoms with Crippen molar-refractivity contribution in [2.45, 2.75) is 12.5 Å². The van der Waals surface area contributed by atoms with Gasteiger partial charge in [-0.2, -0.15) is 0 Å². The standard InChI is InChI=1S/C22H23FN2O4S/c23-16-6-2-1-5-15(16)19-18(20(26)17-7-3-14-30-17)21(27)22(28)25(19)9-4-8-24-10-12-29-13-11-24/h1-3,5-7,14,18-19H,4,8-13H2. The van der Waals surface area contributed by atoms with Crippen LogP contribution in [0.3, 0.4) is 0 Å². The number of likely N-dealkylation sites (tertiary alicyclic amines) is 1. The Balaban J connectivity index is 1.60. The first kappa shape index (κ1) is 20.8. The van der Waals surface area contributed by atoms with E-state index in [-0.39, 0.29) is 12.1 Å². The number of hydrogen-bond donors (Lipinski definition) is 0. The second kappa shape index (κ2) is 9.16. The molecule has 6 nitrogen and oxygen atoms in total. The highest BCUT2D eigenvalue weighted by atomic mass is 32.1. The highest BCUT2D eigenvalue weighted by molar-refractivity contribution is 7.12. The molecule has 0 radical (unpaired) electrons.